The summed E-state index contributed by atoms with van der Waals surface area (Å²) in [6, 6.07) is 41.4. The molecule has 0 aliphatic rings. The smallest absolute Gasteiger partial charge is 0.200 e. The van der Waals surface area contributed by atoms with Crippen molar-refractivity contribution in [1.29, 1.82) is 0 Å². The molecule has 73 heavy (non-hydrogen) atoms. The SMILES string of the molecule is COc1cccc(C[P+](c2ccccc2)(c2ccccc2)c2ccccc2)c1.Fc1c(F)c(F)c([B-](c2c(F)c(F)c(F)c(F)c2F)(c2c(F)c(F)c(F)c(F)c2F)c2c(F)c(F)c(F)c(F)c2F)c(F)c1F. The minimum atomic E-state index is -7.22. The molecule has 0 radical (unpaired) electrons. The van der Waals surface area contributed by atoms with Gasteiger partial charge in [-0.3, -0.25) is 0 Å². The molecule has 8 rings (SSSR count). The molecule has 23 heteroatoms. The average molecular weight is 1060 g/mol. The van der Waals surface area contributed by atoms with E-state index in [0.717, 1.165) is 11.9 Å². The highest BCUT2D eigenvalue weighted by Crippen LogP contribution is 2.58. The first-order valence-corrected chi connectivity index (χ1v) is 22.4. The first kappa shape index (κ1) is 53.5. The molecule has 1 nitrogen and oxygen atoms in total. The minimum Gasteiger partial charge on any atom is -0.497 e. The van der Waals surface area contributed by atoms with Gasteiger partial charge in [-0.15, -0.1) is 21.9 Å². The van der Waals surface area contributed by atoms with Crippen molar-refractivity contribution in [2.45, 2.75) is 6.16 Å². The van der Waals surface area contributed by atoms with Gasteiger partial charge in [0.2, 0.25) is 0 Å². The third-order valence-electron chi connectivity index (χ3n) is 11.9. The molecule has 0 amide bonds. The van der Waals surface area contributed by atoms with Crippen LogP contribution in [-0.4, -0.2) is 13.3 Å². The van der Waals surface area contributed by atoms with E-state index in [-0.39, 0.29) is 0 Å². The average Bonchev–Trinajstić information content (AvgIpc) is 3.41. The Balaban J connectivity index is 0.000000237. The fourth-order valence-electron chi connectivity index (χ4n) is 8.69. The highest BCUT2D eigenvalue weighted by atomic mass is 31.2. The van der Waals surface area contributed by atoms with E-state index in [2.05, 4.69) is 109 Å². The van der Waals surface area contributed by atoms with Gasteiger partial charge in [-0.05, 0) is 54.1 Å². The Morgan fingerprint density at radius 1 is 0.301 bits per heavy atom. The maximum atomic E-state index is 15.4. The van der Waals surface area contributed by atoms with Crippen LogP contribution in [0.2, 0.25) is 0 Å². The van der Waals surface area contributed by atoms with E-state index in [0.29, 0.717) is 0 Å². The summed E-state index contributed by atoms with van der Waals surface area (Å²) in [6.07, 6.45) is -6.26. The van der Waals surface area contributed by atoms with E-state index in [1.165, 1.54) is 21.5 Å². The highest BCUT2D eigenvalue weighted by molar-refractivity contribution is 7.95. The topological polar surface area (TPSA) is 9.23 Å². The highest BCUT2D eigenvalue weighted by Gasteiger charge is 2.52. The summed E-state index contributed by atoms with van der Waals surface area (Å²) in [4.78, 5) is 0. The summed E-state index contributed by atoms with van der Waals surface area (Å²) in [5.74, 6) is -70.5. The quantitative estimate of drug-likeness (QED) is 0.0436. The second-order valence-corrected chi connectivity index (χ2v) is 19.1. The molecule has 0 aromatic heterocycles. The first-order chi connectivity index (χ1) is 34.5. The predicted molar refractivity (Wildman–Crippen MR) is 231 cm³/mol. The molecule has 8 aromatic rings. The molecule has 378 valence electrons. The molecule has 0 bridgehead atoms. The van der Waals surface area contributed by atoms with Gasteiger partial charge in [0.15, 0.2) is 69.8 Å². The fourth-order valence-corrected chi connectivity index (χ4v) is 12.9. The van der Waals surface area contributed by atoms with Crippen molar-refractivity contribution in [2.24, 2.45) is 0 Å². The van der Waals surface area contributed by atoms with Crippen LogP contribution in [0, 0.1) is 116 Å². The van der Waals surface area contributed by atoms with E-state index in [1.807, 2.05) is 6.07 Å². The molecule has 8 aromatic carbocycles. The molecule has 0 unspecified atom stereocenters. The van der Waals surface area contributed by atoms with Gasteiger partial charge in [-0.25, -0.2) is 87.8 Å². The summed E-state index contributed by atoms with van der Waals surface area (Å²) in [7, 11) is -0.132. The Bertz CT molecular complexity index is 2940. The van der Waals surface area contributed by atoms with Gasteiger partial charge < -0.3 is 4.74 Å². The number of halogens is 20. The standard InChI is InChI=1S/C26H24OP.C24BF20/c1-27-23-13-11-12-22(20-23)21-28(24-14-5-2-6-15-24,25-16-7-3-8-17-25)26-18-9-4-10-19-26;26-5-1(6(27)14(35)21(42)13(5)34)25(2-7(28)15(36)22(43)16(37)8(2)29,3-9(30)17(38)23(44)18(39)10(3)31)4-11(32)19(40)24(45)20(41)12(4)33/h2-20H,21H2,1H3;/q+1;-1. The normalized spacial score (nSPS) is 11.7. The van der Waals surface area contributed by atoms with Crippen LogP contribution in [0.3, 0.4) is 0 Å². The molecule has 0 spiro atoms. The predicted octanol–water partition coefficient (Wildman–Crippen LogP) is 11.0. The van der Waals surface area contributed by atoms with Gasteiger partial charge in [-0.2, -0.15) is 0 Å². The Morgan fingerprint density at radius 2 is 0.534 bits per heavy atom. The summed E-state index contributed by atoms with van der Waals surface area (Å²) in [5.41, 5.74) is -13.0. The Labute approximate surface area is 399 Å². The van der Waals surface area contributed by atoms with E-state index in [9.17, 15) is 52.7 Å². The molecule has 0 atom stereocenters. The van der Waals surface area contributed by atoms with Crippen molar-refractivity contribution in [1.82, 2.24) is 0 Å². The van der Waals surface area contributed by atoms with Gasteiger partial charge in [0.1, 0.15) is 81.6 Å². The van der Waals surface area contributed by atoms with Crippen LogP contribution in [0.4, 0.5) is 87.8 Å². The molecular weight excluding hydrogens is 1040 g/mol. The molecule has 0 N–H and O–H groups in total. The fraction of sp³-hybridized carbons (Fsp3) is 0.0400. The zero-order valence-electron chi connectivity index (χ0n) is 36.2. The molecule has 0 heterocycles. The van der Waals surface area contributed by atoms with Gasteiger partial charge in [0, 0.05) is 0 Å². The van der Waals surface area contributed by atoms with Crippen LogP contribution in [0.15, 0.2) is 115 Å². The molecule has 0 fully saturated rings. The van der Waals surface area contributed by atoms with E-state index >= 15 is 35.1 Å². The van der Waals surface area contributed by atoms with Crippen LogP contribution >= 0.6 is 7.26 Å². The summed E-state index contributed by atoms with van der Waals surface area (Å²) < 4.78 is 299. The molecular formula is C50H24BF20OP. The molecule has 0 saturated heterocycles. The second-order valence-electron chi connectivity index (χ2n) is 15.6. The van der Waals surface area contributed by atoms with Crippen LogP contribution < -0.4 is 42.5 Å². The Hall–Kier alpha value is -7.35. The first-order valence-electron chi connectivity index (χ1n) is 20.4. The second kappa shape index (κ2) is 20.6. The van der Waals surface area contributed by atoms with E-state index in [4.69, 9.17) is 4.74 Å². The van der Waals surface area contributed by atoms with Crippen LogP contribution in [0.5, 0.6) is 5.75 Å². The summed E-state index contributed by atoms with van der Waals surface area (Å²) in [5, 5.41) is 4.20. The van der Waals surface area contributed by atoms with E-state index in [1.54, 1.807) is 7.11 Å². The number of methoxy groups -OCH3 is 1. The maximum Gasteiger partial charge on any atom is 0.200 e. The Kier molecular flexibility index (Phi) is 15.1. The number of benzene rings is 8. The third-order valence-corrected chi connectivity index (χ3v) is 16.2. The number of rotatable bonds is 10. The number of ether oxygens (including phenoxy) is 1. The number of hydrogen-bond donors (Lipinski definition) is 0. The van der Waals surface area contributed by atoms with Crippen molar-refractivity contribution in [3.05, 3.63) is 237 Å². The van der Waals surface area contributed by atoms with Gasteiger partial charge >= 0.3 is 0 Å². The molecule has 0 aliphatic carbocycles. The lowest BCUT2D eigenvalue weighted by atomic mass is 9.12. The van der Waals surface area contributed by atoms with Crippen molar-refractivity contribution in [2.75, 3.05) is 7.11 Å². The van der Waals surface area contributed by atoms with Crippen LogP contribution in [0.25, 0.3) is 0 Å². The minimum absolute atomic E-state index is 0.907. The monoisotopic (exact) mass is 1060 g/mol. The summed E-state index contributed by atoms with van der Waals surface area (Å²) in [6.45, 7) is 0. The van der Waals surface area contributed by atoms with Gasteiger partial charge in [0.05, 0.1) is 13.3 Å². The Morgan fingerprint density at radius 3 is 0.767 bits per heavy atom. The number of hydrogen-bond acceptors (Lipinski definition) is 1. The van der Waals surface area contributed by atoms with Crippen LogP contribution in [0.1, 0.15) is 5.56 Å². The lowest BCUT2D eigenvalue weighted by Crippen LogP contribution is -2.81. The summed E-state index contributed by atoms with van der Waals surface area (Å²) >= 11 is 0. The third kappa shape index (κ3) is 8.61. The lowest BCUT2D eigenvalue weighted by molar-refractivity contribution is 0.378. The van der Waals surface area contributed by atoms with Crippen LogP contribution in [-0.2, 0) is 6.16 Å². The van der Waals surface area contributed by atoms with Crippen molar-refractivity contribution < 1.29 is 92.5 Å². The van der Waals surface area contributed by atoms with Crippen molar-refractivity contribution in [3.8, 4) is 5.75 Å². The van der Waals surface area contributed by atoms with Crippen molar-refractivity contribution >= 4 is 51.2 Å². The molecule has 0 saturated carbocycles. The van der Waals surface area contributed by atoms with Crippen molar-refractivity contribution in [3.63, 3.8) is 0 Å². The zero-order chi connectivity index (χ0) is 53.6. The largest absolute Gasteiger partial charge is 0.497 e. The maximum absolute atomic E-state index is 15.4. The van der Waals surface area contributed by atoms with Gasteiger partial charge in [0.25, 0.3) is 0 Å². The molecule has 0 aliphatic heterocycles. The van der Waals surface area contributed by atoms with E-state index < -0.39 is 152 Å². The zero-order valence-corrected chi connectivity index (χ0v) is 37.1. The van der Waals surface area contributed by atoms with Gasteiger partial charge in [-0.1, -0.05) is 66.7 Å². The lowest BCUT2D eigenvalue weighted by Gasteiger charge is -2.44.